The SMILES string of the molecule is Cc1ccc2c(c1)C(=O)NC(=C1SC=CC1CCCN)N2. The van der Waals surface area contributed by atoms with Crippen molar-refractivity contribution in [2.45, 2.75) is 19.8 Å². The van der Waals surface area contributed by atoms with E-state index in [0.29, 0.717) is 18.0 Å². The van der Waals surface area contributed by atoms with Crippen LogP contribution >= 0.6 is 11.8 Å². The maximum absolute atomic E-state index is 12.3. The molecule has 0 radical (unpaired) electrons. The lowest BCUT2D eigenvalue weighted by Gasteiger charge is -2.25. The van der Waals surface area contributed by atoms with Crippen LogP contribution in [0.15, 0.2) is 40.4 Å². The van der Waals surface area contributed by atoms with Gasteiger partial charge in [0.25, 0.3) is 5.91 Å². The predicted octanol–water partition coefficient (Wildman–Crippen LogP) is 2.94. The molecule has 21 heavy (non-hydrogen) atoms. The van der Waals surface area contributed by atoms with Crippen molar-refractivity contribution in [3.63, 3.8) is 0 Å². The van der Waals surface area contributed by atoms with Gasteiger partial charge in [-0.05, 0) is 43.9 Å². The van der Waals surface area contributed by atoms with Gasteiger partial charge in [-0.15, -0.1) is 0 Å². The third-order valence-electron chi connectivity index (χ3n) is 3.73. The van der Waals surface area contributed by atoms with Crippen molar-refractivity contribution in [1.82, 2.24) is 5.32 Å². The largest absolute Gasteiger partial charge is 0.340 e. The van der Waals surface area contributed by atoms with Gasteiger partial charge < -0.3 is 16.4 Å². The molecule has 2 heterocycles. The maximum Gasteiger partial charge on any atom is 0.258 e. The second-order valence-corrected chi connectivity index (χ2v) is 6.30. The summed E-state index contributed by atoms with van der Waals surface area (Å²) < 4.78 is 0. The molecule has 1 unspecified atom stereocenters. The number of nitrogens with two attached hydrogens (primary N) is 1. The molecule has 2 aliphatic heterocycles. The van der Waals surface area contributed by atoms with Gasteiger partial charge in [-0.2, -0.15) is 0 Å². The number of thioether (sulfide) groups is 1. The molecule has 5 heteroatoms. The van der Waals surface area contributed by atoms with Gasteiger partial charge in [0.1, 0.15) is 5.82 Å². The van der Waals surface area contributed by atoms with Gasteiger partial charge in [0, 0.05) is 10.8 Å². The topological polar surface area (TPSA) is 67.2 Å². The van der Waals surface area contributed by atoms with Crippen LogP contribution in [0, 0.1) is 12.8 Å². The Balaban J connectivity index is 1.89. The summed E-state index contributed by atoms with van der Waals surface area (Å²) in [5.74, 6) is 1.11. The molecule has 1 aromatic rings. The first-order chi connectivity index (χ1) is 10.2. The molecule has 2 aliphatic rings. The number of benzene rings is 1. The fourth-order valence-corrected chi connectivity index (χ4v) is 3.62. The van der Waals surface area contributed by atoms with Crippen LogP contribution in [-0.2, 0) is 0 Å². The van der Waals surface area contributed by atoms with Crippen molar-refractivity contribution < 1.29 is 4.79 Å². The minimum absolute atomic E-state index is 0.0416. The lowest BCUT2D eigenvalue weighted by Crippen LogP contribution is -2.34. The highest BCUT2D eigenvalue weighted by Crippen LogP contribution is 2.39. The quantitative estimate of drug-likeness (QED) is 0.803. The Bertz CT molecular complexity index is 636. The molecule has 110 valence electrons. The number of anilines is 1. The Morgan fingerprint density at radius 2 is 2.19 bits per heavy atom. The van der Waals surface area contributed by atoms with E-state index in [0.717, 1.165) is 29.9 Å². The van der Waals surface area contributed by atoms with Crippen LogP contribution < -0.4 is 16.4 Å². The summed E-state index contributed by atoms with van der Waals surface area (Å²) in [5, 5.41) is 8.43. The number of carbonyl (C=O) groups excluding carboxylic acids is 1. The van der Waals surface area contributed by atoms with E-state index in [9.17, 15) is 4.79 Å². The second kappa shape index (κ2) is 5.95. The van der Waals surface area contributed by atoms with E-state index in [1.807, 2.05) is 25.1 Å². The average molecular weight is 301 g/mol. The molecule has 0 saturated heterocycles. The minimum atomic E-state index is -0.0416. The van der Waals surface area contributed by atoms with Crippen molar-refractivity contribution in [3.8, 4) is 0 Å². The monoisotopic (exact) mass is 301 g/mol. The van der Waals surface area contributed by atoms with Crippen LogP contribution in [0.25, 0.3) is 0 Å². The molecule has 1 amide bonds. The Morgan fingerprint density at radius 1 is 1.33 bits per heavy atom. The number of carbonyl (C=O) groups is 1. The lowest BCUT2D eigenvalue weighted by molar-refractivity contribution is 0.0963. The second-order valence-electron chi connectivity index (χ2n) is 5.35. The highest BCUT2D eigenvalue weighted by Gasteiger charge is 2.26. The molecule has 1 aromatic carbocycles. The highest BCUT2D eigenvalue weighted by atomic mass is 32.2. The van der Waals surface area contributed by atoms with Crippen LogP contribution in [0.5, 0.6) is 0 Å². The van der Waals surface area contributed by atoms with Crippen LogP contribution in [0.3, 0.4) is 0 Å². The first kappa shape index (κ1) is 14.2. The molecule has 0 saturated carbocycles. The highest BCUT2D eigenvalue weighted by molar-refractivity contribution is 8.06. The zero-order valence-electron chi connectivity index (χ0n) is 12.0. The van der Waals surface area contributed by atoms with Crippen LogP contribution in [0.2, 0.25) is 0 Å². The van der Waals surface area contributed by atoms with Gasteiger partial charge in [0.05, 0.1) is 11.3 Å². The number of hydrogen-bond donors (Lipinski definition) is 3. The fraction of sp³-hybridized carbons (Fsp3) is 0.312. The van der Waals surface area contributed by atoms with E-state index in [1.54, 1.807) is 11.8 Å². The average Bonchev–Trinajstić information content (AvgIpc) is 2.94. The van der Waals surface area contributed by atoms with E-state index < -0.39 is 0 Å². The van der Waals surface area contributed by atoms with Crippen LogP contribution in [-0.4, -0.2) is 12.5 Å². The van der Waals surface area contributed by atoms with E-state index in [2.05, 4.69) is 22.1 Å². The zero-order chi connectivity index (χ0) is 14.8. The van der Waals surface area contributed by atoms with E-state index in [4.69, 9.17) is 5.73 Å². The molecule has 4 N–H and O–H groups in total. The van der Waals surface area contributed by atoms with Crippen molar-refractivity contribution >= 4 is 23.4 Å². The Morgan fingerprint density at radius 3 is 3.00 bits per heavy atom. The summed E-state index contributed by atoms with van der Waals surface area (Å²) in [4.78, 5) is 13.5. The summed E-state index contributed by atoms with van der Waals surface area (Å²) in [6.45, 7) is 2.68. The number of amides is 1. The smallest absolute Gasteiger partial charge is 0.258 e. The Hall–Kier alpha value is -1.72. The molecule has 3 rings (SSSR count). The van der Waals surface area contributed by atoms with Gasteiger partial charge in [0.15, 0.2) is 0 Å². The summed E-state index contributed by atoms with van der Waals surface area (Å²) in [6, 6.07) is 5.88. The number of aryl methyl sites for hydroxylation is 1. The van der Waals surface area contributed by atoms with Crippen molar-refractivity contribution in [1.29, 1.82) is 0 Å². The van der Waals surface area contributed by atoms with Gasteiger partial charge in [0.2, 0.25) is 0 Å². The van der Waals surface area contributed by atoms with Crippen molar-refractivity contribution in [2.75, 3.05) is 11.9 Å². The van der Waals surface area contributed by atoms with Crippen LogP contribution in [0.4, 0.5) is 5.69 Å². The molecule has 4 nitrogen and oxygen atoms in total. The van der Waals surface area contributed by atoms with Crippen LogP contribution in [0.1, 0.15) is 28.8 Å². The fourth-order valence-electron chi connectivity index (χ4n) is 2.62. The Labute approximate surface area is 128 Å². The lowest BCUT2D eigenvalue weighted by atomic mass is 10.0. The summed E-state index contributed by atoms with van der Waals surface area (Å²) in [7, 11) is 0. The molecular formula is C16H19N3OS. The van der Waals surface area contributed by atoms with E-state index in [1.165, 1.54) is 4.91 Å². The third-order valence-corrected chi connectivity index (χ3v) is 4.78. The molecule has 0 aliphatic carbocycles. The first-order valence-corrected chi connectivity index (χ1v) is 8.03. The van der Waals surface area contributed by atoms with E-state index >= 15 is 0 Å². The van der Waals surface area contributed by atoms with Gasteiger partial charge >= 0.3 is 0 Å². The molecule has 0 fully saturated rings. The number of rotatable bonds is 3. The minimum Gasteiger partial charge on any atom is -0.340 e. The molecular weight excluding hydrogens is 282 g/mol. The van der Waals surface area contributed by atoms with Gasteiger partial charge in [-0.1, -0.05) is 29.5 Å². The first-order valence-electron chi connectivity index (χ1n) is 7.15. The zero-order valence-corrected chi connectivity index (χ0v) is 12.8. The van der Waals surface area contributed by atoms with Gasteiger partial charge in [-0.3, -0.25) is 4.79 Å². The Kier molecular flexibility index (Phi) is 4.03. The summed E-state index contributed by atoms with van der Waals surface area (Å²) >= 11 is 1.67. The summed E-state index contributed by atoms with van der Waals surface area (Å²) in [6.07, 6.45) is 4.17. The number of nitrogens with one attached hydrogen (secondary N) is 2. The van der Waals surface area contributed by atoms with E-state index in [-0.39, 0.29) is 5.91 Å². The number of allylic oxidation sites excluding steroid dienone is 2. The van der Waals surface area contributed by atoms with Crippen molar-refractivity contribution in [3.05, 3.63) is 51.5 Å². The third kappa shape index (κ3) is 2.84. The van der Waals surface area contributed by atoms with Gasteiger partial charge in [-0.25, -0.2) is 0 Å². The number of fused-ring (bicyclic) bond motifs is 1. The summed E-state index contributed by atoms with van der Waals surface area (Å²) in [5.41, 5.74) is 8.26. The van der Waals surface area contributed by atoms with Crippen molar-refractivity contribution in [2.24, 2.45) is 11.7 Å². The predicted molar refractivity (Wildman–Crippen MR) is 87.8 cm³/mol. The standard InChI is InChI=1S/C16H19N3OS/c1-10-4-5-13-12(9-10)16(20)19-15(18-13)14-11(3-2-7-17)6-8-21-14/h4-6,8-9,11,18H,2-3,7,17H2,1H3,(H,19,20). The molecule has 0 spiro atoms. The number of hydrogen-bond acceptors (Lipinski definition) is 4. The maximum atomic E-state index is 12.3. The molecule has 0 bridgehead atoms. The normalized spacial score (nSPS) is 23.7. The molecule has 0 aromatic heterocycles. The molecule has 1 atom stereocenters.